The molecule has 0 aliphatic heterocycles. The molecule has 0 spiro atoms. The lowest BCUT2D eigenvalue weighted by Crippen LogP contribution is -2.52. The summed E-state index contributed by atoms with van der Waals surface area (Å²) in [6, 6.07) is 0. The summed E-state index contributed by atoms with van der Waals surface area (Å²) in [5.74, 6) is -9.44. The van der Waals surface area contributed by atoms with Crippen LogP contribution in [0.3, 0.4) is 0 Å². The molecule has 0 saturated carbocycles. The molecule has 0 rings (SSSR count). The van der Waals surface area contributed by atoms with E-state index in [0.717, 1.165) is 0 Å². The predicted molar refractivity (Wildman–Crippen MR) is 18.5 cm³/mol. The highest BCUT2D eigenvalue weighted by Crippen LogP contribution is 1.88. The lowest BCUT2D eigenvalue weighted by molar-refractivity contribution is -0.347. The molecule has 6 heteroatoms. The molecule has 56 valence electrons. The SMILES string of the molecule is O=C([O-])C(C(=O)[O-])C(=O)[O-]. The fourth-order valence-electron chi connectivity index (χ4n) is 0.289. The number of hydrogen-bond donors (Lipinski definition) is 0. The van der Waals surface area contributed by atoms with Crippen LogP contribution in [0.5, 0.6) is 0 Å². The van der Waals surface area contributed by atoms with Crippen LogP contribution < -0.4 is 15.3 Å². The van der Waals surface area contributed by atoms with Gasteiger partial charge in [-0.1, -0.05) is 0 Å². The number of carbonyl (C=O) groups is 3. The van der Waals surface area contributed by atoms with E-state index in [1.807, 2.05) is 0 Å². The van der Waals surface area contributed by atoms with E-state index in [-0.39, 0.29) is 0 Å². The van der Waals surface area contributed by atoms with Gasteiger partial charge in [-0.2, -0.15) is 0 Å². The Bertz CT molecular complexity index is 149. The molecule has 10 heavy (non-hydrogen) atoms. The smallest absolute Gasteiger partial charge is 0.0778 e. The lowest BCUT2D eigenvalue weighted by atomic mass is 10.1. The molecule has 0 aromatic rings. The van der Waals surface area contributed by atoms with Gasteiger partial charge < -0.3 is 29.7 Å². The van der Waals surface area contributed by atoms with Gasteiger partial charge >= 0.3 is 0 Å². The Labute approximate surface area is 54.7 Å². The molecule has 0 amide bonds. The van der Waals surface area contributed by atoms with Crippen LogP contribution in [-0.2, 0) is 14.4 Å². The highest BCUT2D eigenvalue weighted by Gasteiger charge is 2.11. The molecule has 0 saturated heterocycles. The summed E-state index contributed by atoms with van der Waals surface area (Å²) in [4.78, 5) is 28.9. The summed E-state index contributed by atoms with van der Waals surface area (Å²) in [6.45, 7) is 0. The number of hydrogen-bond acceptors (Lipinski definition) is 6. The van der Waals surface area contributed by atoms with Crippen LogP contribution in [0.25, 0.3) is 0 Å². The minimum absolute atomic E-state index is 2.25. The maximum absolute atomic E-state index is 9.63. The van der Waals surface area contributed by atoms with Gasteiger partial charge in [-0.15, -0.1) is 0 Å². The van der Waals surface area contributed by atoms with Crippen LogP contribution in [0.15, 0.2) is 0 Å². The summed E-state index contributed by atoms with van der Waals surface area (Å²) in [5, 5.41) is 28.9. The molecule has 0 aliphatic carbocycles. The summed E-state index contributed by atoms with van der Waals surface area (Å²) in [5.41, 5.74) is 0. The van der Waals surface area contributed by atoms with Gasteiger partial charge in [0.25, 0.3) is 0 Å². The molecular weight excluding hydrogens is 144 g/mol. The van der Waals surface area contributed by atoms with Crippen molar-refractivity contribution in [3.63, 3.8) is 0 Å². The Morgan fingerprint density at radius 3 is 1.00 bits per heavy atom. The third-order valence-corrected chi connectivity index (χ3v) is 0.707. The molecule has 0 unspecified atom stereocenters. The van der Waals surface area contributed by atoms with E-state index in [1.54, 1.807) is 0 Å². The first kappa shape index (κ1) is 8.41. The molecule has 0 fully saturated rings. The van der Waals surface area contributed by atoms with Crippen molar-refractivity contribution >= 4 is 17.9 Å². The van der Waals surface area contributed by atoms with E-state index in [1.165, 1.54) is 0 Å². The zero-order chi connectivity index (χ0) is 8.31. The second-order valence-electron chi connectivity index (χ2n) is 1.39. The van der Waals surface area contributed by atoms with Gasteiger partial charge in [0.2, 0.25) is 0 Å². The van der Waals surface area contributed by atoms with Gasteiger partial charge in [0.05, 0.1) is 23.8 Å². The van der Waals surface area contributed by atoms with Gasteiger partial charge in [-0.3, -0.25) is 0 Å². The monoisotopic (exact) mass is 145 g/mol. The Morgan fingerprint density at radius 2 is 1.00 bits per heavy atom. The van der Waals surface area contributed by atoms with Gasteiger partial charge in [0, 0.05) is 0 Å². The Hall–Kier alpha value is -1.59. The lowest BCUT2D eigenvalue weighted by Gasteiger charge is -2.18. The molecule has 0 heterocycles. The molecular formula is C4HO6-3. The number of carbonyl (C=O) groups excluding carboxylic acids is 3. The average molecular weight is 145 g/mol. The summed E-state index contributed by atoms with van der Waals surface area (Å²) < 4.78 is 0. The van der Waals surface area contributed by atoms with E-state index < -0.39 is 23.8 Å². The minimum Gasteiger partial charge on any atom is -0.549 e. The molecule has 0 N–H and O–H groups in total. The fraction of sp³-hybridized carbons (Fsp3) is 0.250. The Balaban J connectivity index is 4.43. The van der Waals surface area contributed by atoms with Crippen molar-refractivity contribution in [2.75, 3.05) is 0 Å². The van der Waals surface area contributed by atoms with E-state index in [0.29, 0.717) is 0 Å². The molecule has 0 atom stereocenters. The summed E-state index contributed by atoms with van der Waals surface area (Å²) in [7, 11) is 0. The first-order chi connectivity index (χ1) is 4.46. The van der Waals surface area contributed by atoms with Gasteiger partial charge in [0.15, 0.2) is 0 Å². The van der Waals surface area contributed by atoms with Crippen LogP contribution in [0.1, 0.15) is 0 Å². The molecule has 0 aromatic carbocycles. The zero-order valence-corrected chi connectivity index (χ0v) is 4.53. The summed E-state index contributed by atoms with van der Waals surface area (Å²) >= 11 is 0. The molecule has 0 bridgehead atoms. The highest BCUT2D eigenvalue weighted by molar-refractivity contribution is 6.08. The van der Waals surface area contributed by atoms with Crippen molar-refractivity contribution in [1.82, 2.24) is 0 Å². The first-order valence-electron chi connectivity index (χ1n) is 2.09. The number of rotatable bonds is 3. The van der Waals surface area contributed by atoms with E-state index in [4.69, 9.17) is 0 Å². The molecule has 0 aliphatic rings. The Kier molecular flexibility index (Phi) is 2.36. The topological polar surface area (TPSA) is 120 Å². The second-order valence-corrected chi connectivity index (χ2v) is 1.39. The highest BCUT2D eigenvalue weighted by atomic mass is 16.4. The number of carboxylic acid groups (broad SMARTS) is 3. The van der Waals surface area contributed by atoms with Crippen LogP contribution >= 0.6 is 0 Å². The first-order valence-corrected chi connectivity index (χ1v) is 2.09. The van der Waals surface area contributed by atoms with Gasteiger partial charge in [0.1, 0.15) is 0 Å². The van der Waals surface area contributed by atoms with Crippen molar-refractivity contribution in [2.45, 2.75) is 0 Å². The van der Waals surface area contributed by atoms with Crippen molar-refractivity contribution in [2.24, 2.45) is 5.92 Å². The largest absolute Gasteiger partial charge is 0.549 e. The maximum atomic E-state index is 9.63. The molecule has 0 radical (unpaired) electrons. The predicted octanol–water partition coefficient (Wildman–Crippen LogP) is -5.15. The standard InChI is InChI=1S/C4H4O6/c5-2(6)1(3(7)8)4(9)10/h1H,(H,5,6)(H,7,8)(H,9,10)/p-3. The average Bonchev–Trinajstić information content (AvgIpc) is 1.59. The van der Waals surface area contributed by atoms with E-state index >= 15 is 0 Å². The second kappa shape index (κ2) is 2.81. The van der Waals surface area contributed by atoms with Crippen LogP contribution in [0.4, 0.5) is 0 Å². The van der Waals surface area contributed by atoms with E-state index in [9.17, 15) is 29.7 Å². The third-order valence-electron chi connectivity index (χ3n) is 0.707. The minimum atomic E-state index is -2.69. The number of aliphatic carboxylic acids is 3. The quantitative estimate of drug-likeness (QED) is 0.366. The summed E-state index contributed by atoms with van der Waals surface area (Å²) in [6.07, 6.45) is 0. The van der Waals surface area contributed by atoms with Crippen molar-refractivity contribution < 1.29 is 29.7 Å². The normalized spacial score (nSPS) is 9.30. The van der Waals surface area contributed by atoms with Crippen molar-refractivity contribution in [3.05, 3.63) is 0 Å². The van der Waals surface area contributed by atoms with Gasteiger partial charge in [-0.25, -0.2) is 0 Å². The maximum Gasteiger partial charge on any atom is 0.0778 e. The van der Waals surface area contributed by atoms with Crippen LogP contribution in [0, 0.1) is 5.92 Å². The molecule has 6 nitrogen and oxygen atoms in total. The number of carboxylic acids is 3. The van der Waals surface area contributed by atoms with E-state index in [2.05, 4.69) is 0 Å². The van der Waals surface area contributed by atoms with Crippen LogP contribution in [-0.4, -0.2) is 17.9 Å². The zero-order valence-electron chi connectivity index (χ0n) is 4.53. The fourth-order valence-corrected chi connectivity index (χ4v) is 0.289. The van der Waals surface area contributed by atoms with Crippen LogP contribution in [0.2, 0.25) is 0 Å². The van der Waals surface area contributed by atoms with Crippen molar-refractivity contribution in [1.29, 1.82) is 0 Å². The van der Waals surface area contributed by atoms with Gasteiger partial charge in [-0.05, 0) is 0 Å². The molecule has 0 aromatic heterocycles. The Morgan fingerprint density at radius 1 is 0.800 bits per heavy atom. The van der Waals surface area contributed by atoms with Crippen molar-refractivity contribution in [3.8, 4) is 0 Å². The third kappa shape index (κ3) is 1.73.